The van der Waals surface area contributed by atoms with Crippen molar-refractivity contribution in [1.29, 1.82) is 0 Å². The topological polar surface area (TPSA) is 55.6 Å². The highest BCUT2D eigenvalue weighted by Crippen LogP contribution is 2.37. The zero-order valence-electron chi connectivity index (χ0n) is 11.4. The van der Waals surface area contributed by atoms with Crippen molar-refractivity contribution < 1.29 is 13.9 Å². The first-order valence-corrected chi connectivity index (χ1v) is 7.04. The summed E-state index contributed by atoms with van der Waals surface area (Å²) in [6.07, 6.45) is 2.06. The highest BCUT2D eigenvalue weighted by atomic mass is 19.1. The Balaban J connectivity index is 1.90. The van der Waals surface area contributed by atoms with Gasteiger partial charge in [0.25, 0.3) is 0 Å². The highest BCUT2D eigenvalue weighted by molar-refractivity contribution is 5.99. The number of carbonyl (C=O) groups is 1. The van der Waals surface area contributed by atoms with Crippen molar-refractivity contribution >= 4 is 11.6 Å². The van der Waals surface area contributed by atoms with Crippen LogP contribution in [0.15, 0.2) is 18.2 Å². The number of ether oxygens (including phenoxy) is 1. The minimum Gasteiger partial charge on any atom is -0.381 e. The van der Waals surface area contributed by atoms with Gasteiger partial charge in [0.05, 0.1) is 5.41 Å². The lowest BCUT2D eigenvalue weighted by atomic mass is 9.79. The molecule has 0 unspecified atom stereocenters. The summed E-state index contributed by atoms with van der Waals surface area (Å²) >= 11 is 0. The Bertz CT molecular complexity index is 527. The molecule has 0 spiro atoms. The third kappa shape index (κ3) is 2.11. The monoisotopic (exact) mass is 278 g/mol. The second-order valence-electron chi connectivity index (χ2n) is 5.58. The van der Waals surface area contributed by atoms with E-state index in [4.69, 9.17) is 10.5 Å². The van der Waals surface area contributed by atoms with Crippen LogP contribution in [-0.2, 0) is 16.0 Å². The molecule has 108 valence electrons. The van der Waals surface area contributed by atoms with Gasteiger partial charge in [0.15, 0.2) is 0 Å². The van der Waals surface area contributed by atoms with Gasteiger partial charge in [-0.2, -0.15) is 0 Å². The zero-order valence-corrected chi connectivity index (χ0v) is 11.4. The van der Waals surface area contributed by atoms with Crippen LogP contribution in [0.4, 0.5) is 10.1 Å². The van der Waals surface area contributed by atoms with E-state index in [-0.39, 0.29) is 11.7 Å². The normalized spacial score (nSPS) is 20.8. The van der Waals surface area contributed by atoms with Crippen LogP contribution in [0.2, 0.25) is 0 Å². The van der Waals surface area contributed by atoms with Crippen molar-refractivity contribution in [2.75, 3.05) is 31.2 Å². The van der Waals surface area contributed by atoms with Crippen LogP contribution >= 0.6 is 0 Å². The molecule has 0 aliphatic carbocycles. The molecule has 2 N–H and O–H groups in total. The van der Waals surface area contributed by atoms with Gasteiger partial charge in [-0.15, -0.1) is 0 Å². The summed E-state index contributed by atoms with van der Waals surface area (Å²) in [7, 11) is 0. The van der Waals surface area contributed by atoms with Crippen molar-refractivity contribution in [2.24, 2.45) is 11.1 Å². The minimum absolute atomic E-state index is 0.0210. The highest BCUT2D eigenvalue weighted by Gasteiger charge is 2.43. The van der Waals surface area contributed by atoms with Gasteiger partial charge in [-0.1, -0.05) is 6.07 Å². The van der Waals surface area contributed by atoms with Crippen LogP contribution in [0.5, 0.6) is 0 Å². The summed E-state index contributed by atoms with van der Waals surface area (Å²) in [5.41, 5.74) is 7.06. The van der Waals surface area contributed by atoms with E-state index in [1.165, 1.54) is 12.1 Å². The lowest BCUT2D eigenvalue weighted by Gasteiger charge is -2.37. The number of nitrogens with zero attached hydrogens (tertiary/aromatic N) is 1. The molecule has 0 aromatic heterocycles. The van der Waals surface area contributed by atoms with E-state index in [0.29, 0.717) is 44.8 Å². The Morgan fingerprint density at radius 2 is 2.15 bits per heavy atom. The summed E-state index contributed by atoms with van der Waals surface area (Å²) in [4.78, 5) is 14.6. The van der Waals surface area contributed by atoms with Crippen molar-refractivity contribution in [3.05, 3.63) is 29.6 Å². The van der Waals surface area contributed by atoms with Crippen LogP contribution in [0.1, 0.15) is 18.4 Å². The molecule has 0 atom stereocenters. The smallest absolute Gasteiger partial charge is 0.234 e. The van der Waals surface area contributed by atoms with Gasteiger partial charge in [0, 0.05) is 32.0 Å². The molecule has 1 saturated heterocycles. The van der Waals surface area contributed by atoms with E-state index in [1.54, 1.807) is 11.0 Å². The van der Waals surface area contributed by atoms with Crippen molar-refractivity contribution in [2.45, 2.75) is 19.3 Å². The number of halogens is 1. The molecule has 2 heterocycles. The third-order valence-corrected chi connectivity index (χ3v) is 4.48. The molecule has 1 amide bonds. The molecule has 5 heteroatoms. The van der Waals surface area contributed by atoms with E-state index in [0.717, 1.165) is 12.0 Å². The number of anilines is 1. The van der Waals surface area contributed by atoms with Crippen LogP contribution in [0.3, 0.4) is 0 Å². The molecule has 2 aliphatic rings. The average Bonchev–Trinajstić information content (AvgIpc) is 2.90. The predicted molar refractivity (Wildman–Crippen MR) is 74.0 cm³/mol. The number of benzene rings is 1. The second kappa shape index (κ2) is 5.14. The molecule has 1 aromatic rings. The van der Waals surface area contributed by atoms with Gasteiger partial charge in [-0.05, 0) is 37.0 Å². The molecule has 0 saturated carbocycles. The first-order valence-electron chi connectivity index (χ1n) is 7.04. The third-order valence-electron chi connectivity index (χ3n) is 4.48. The number of rotatable bonds is 2. The van der Waals surface area contributed by atoms with Crippen LogP contribution in [-0.4, -0.2) is 32.2 Å². The molecule has 4 nitrogen and oxygen atoms in total. The van der Waals surface area contributed by atoms with Gasteiger partial charge in [0.2, 0.25) is 5.91 Å². The van der Waals surface area contributed by atoms with Crippen molar-refractivity contribution in [3.8, 4) is 0 Å². The van der Waals surface area contributed by atoms with Gasteiger partial charge < -0.3 is 15.4 Å². The van der Waals surface area contributed by atoms with Gasteiger partial charge in [-0.3, -0.25) is 4.79 Å². The van der Waals surface area contributed by atoms with Gasteiger partial charge in [-0.25, -0.2) is 4.39 Å². The number of fused-ring (bicyclic) bond motifs is 1. The first-order chi connectivity index (χ1) is 9.66. The first kappa shape index (κ1) is 13.5. The van der Waals surface area contributed by atoms with Crippen LogP contribution in [0, 0.1) is 11.2 Å². The molecule has 3 rings (SSSR count). The van der Waals surface area contributed by atoms with Crippen LogP contribution in [0.25, 0.3) is 0 Å². The molecule has 0 radical (unpaired) electrons. The molecule has 1 fully saturated rings. The van der Waals surface area contributed by atoms with Gasteiger partial charge in [0.1, 0.15) is 5.82 Å². The van der Waals surface area contributed by atoms with Gasteiger partial charge >= 0.3 is 0 Å². The summed E-state index contributed by atoms with van der Waals surface area (Å²) in [6.45, 7) is 2.05. The molecule has 20 heavy (non-hydrogen) atoms. The molecular formula is C15H19FN2O2. The van der Waals surface area contributed by atoms with E-state index in [1.807, 2.05) is 0 Å². The summed E-state index contributed by atoms with van der Waals surface area (Å²) in [6, 6.07) is 4.65. The summed E-state index contributed by atoms with van der Waals surface area (Å²) in [5.74, 6) is -0.287. The van der Waals surface area contributed by atoms with Crippen LogP contribution < -0.4 is 10.6 Å². The SMILES string of the molecule is NCC1(C(=O)N2CCc3ccc(F)cc32)CCOCC1. The largest absolute Gasteiger partial charge is 0.381 e. The maximum absolute atomic E-state index is 13.4. The van der Waals surface area contributed by atoms with E-state index in [9.17, 15) is 9.18 Å². The predicted octanol–water partition coefficient (Wildman–Crippen LogP) is 1.47. The average molecular weight is 278 g/mol. The van der Waals surface area contributed by atoms with E-state index >= 15 is 0 Å². The Morgan fingerprint density at radius 1 is 1.40 bits per heavy atom. The number of hydrogen-bond donors (Lipinski definition) is 1. The summed E-state index contributed by atoms with van der Waals surface area (Å²) < 4.78 is 18.8. The Kier molecular flexibility index (Phi) is 3.48. The Morgan fingerprint density at radius 3 is 2.85 bits per heavy atom. The lowest BCUT2D eigenvalue weighted by molar-refractivity contribution is -0.132. The molecule has 2 aliphatic heterocycles. The minimum atomic E-state index is -0.549. The number of amides is 1. The molecule has 1 aromatic carbocycles. The Hall–Kier alpha value is -1.46. The fourth-order valence-corrected chi connectivity index (χ4v) is 3.12. The Labute approximate surface area is 117 Å². The second-order valence-corrected chi connectivity index (χ2v) is 5.58. The lowest BCUT2D eigenvalue weighted by Crippen LogP contribution is -2.50. The standard InChI is InChI=1S/C15H19FN2O2/c16-12-2-1-11-3-6-18(13(11)9-12)14(19)15(10-17)4-7-20-8-5-15/h1-2,9H,3-8,10,17H2. The fraction of sp³-hybridized carbons (Fsp3) is 0.533. The van der Waals surface area contributed by atoms with E-state index in [2.05, 4.69) is 0 Å². The summed E-state index contributed by atoms with van der Waals surface area (Å²) in [5, 5.41) is 0. The van der Waals surface area contributed by atoms with E-state index < -0.39 is 5.41 Å². The number of hydrogen-bond acceptors (Lipinski definition) is 3. The maximum Gasteiger partial charge on any atom is 0.234 e. The van der Waals surface area contributed by atoms with Crippen molar-refractivity contribution in [3.63, 3.8) is 0 Å². The fourth-order valence-electron chi connectivity index (χ4n) is 3.12. The number of nitrogens with two attached hydrogens (primary N) is 1. The zero-order chi connectivity index (χ0) is 14.2. The van der Waals surface area contributed by atoms with Crippen molar-refractivity contribution in [1.82, 2.24) is 0 Å². The maximum atomic E-state index is 13.4. The quantitative estimate of drug-likeness (QED) is 0.891. The molecular weight excluding hydrogens is 259 g/mol. The molecule has 0 bridgehead atoms. The number of carbonyl (C=O) groups excluding carboxylic acids is 1.